The molecule has 190 valence electrons. The highest BCUT2D eigenvalue weighted by atomic mass is 19.1. The number of aromatic nitrogens is 4. The molecular formula is C24H34FN7O3. The highest BCUT2D eigenvalue weighted by Crippen LogP contribution is 2.41. The third-order valence-corrected chi connectivity index (χ3v) is 7.89. The number of hydrogen-bond acceptors (Lipinski definition) is 8. The minimum atomic E-state index is -0.804. The SMILES string of the molecule is CC(C)(C)OC(=O)N1CC2CCC1CN2c1nc(OC[C@@]23CCCN2C[C@H](F)C3)c2nc[nH]c2n1. The molecule has 1 N–H and O–H groups in total. The number of carbonyl (C=O) groups excluding carboxylic acids is 1. The summed E-state index contributed by atoms with van der Waals surface area (Å²) in [6.45, 7) is 8.68. The number of rotatable bonds is 4. The minimum absolute atomic E-state index is 0.0474. The van der Waals surface area contributed by atoms with Crippen LogP contribution in [0.1, 0.15) is 52.9 Å². The lowest BCUT2D eigenvalue weighted by Crippen LogP contribution is -2.64. The van der Waals surface area contributed by atoms with Crippen LogP contribution in [-0.2, 0) is 4.74 Å². The lowest BCUT2D eigenvalue weighted by atomic mass is 9.91. The quantitative estimate of drug-likeness (QED) is 0.703. The molecule has 0 radical (unpaired) electrons. The van der Waals surface area contributed by atoms with Crippen LogP contribution in [-0.4, -0.2) is 98.0 Å². The number of nitrogens with one attached hydrogen (secondary N) is 1. The fourth-order valence-corrected chi connectivity index (χ4v) is 6.30. The van der Waals surface area contributed by atoms with E-state index in [1.807, 2.05) is 25.7 Å². The standard InChI is InChI=1S/C24H34FN7O3/c1-23(2,3)35-22(33)32-12-16-5-6-17(32)11-31(16)21-28-19-18(26-14-27-19)20(29-21)34-13-24-7-4-8-30(24)10-15(25)9-24/h14-17H,4-13H2,1-3H3,(H,26,27,28,29)/t15-,16?,17?,24+/m1/s1. The number of H-pyrrole nitrogens is 1. The number of carbonyl (C=O) groups is 1. The van der Waals surface area contributed by atoms with Crippen molar-refractivity contribution in [3.8, 4) is 5.88 Å². The van der Waals surface area contributed by atoms with Crippen molar-refractivity contribution in [2.75, 3.05) is 37.7 Å². The summed E-state index contributed by atoms with van der Waals surface area (Å²) in [6.07, 6.45) is 4.92. The van der Waals surface area contributed by atoms with Gasteiger partial charge >= 0.3 is 6.09 Å². The summed E-state index contributed by atoms with van der Waals surface area (Å²) < 4.78 is 26.1. The van der Waals surface area contributed by atoms with Crippen molar-refractivity contribution >= 4 is 23.2 Å². The molecule has 5 fully saturated rings. The van der Waals surface area contributed by atoms with E-state index in [9.17, 15) is 9.18 Å². The Labute approximate surface area is 204 Å². The second-order valence-electron chi connectivity index (χ2n) is 11.5. The van der Waals surface area contributed by atoms with E-state index >= 15 is 0 Å². The monoisotopic (exact) mass is 487 g/mol. The Morgan fingerprint density at radius 2 is 2.06 bits per heavy atom. The number of aromatic amines is 1. The highest BCUT2D eigenvalue weighted by molar-refractivity contribution is 5.77. The van der Waals surface area contributed by atoms with Crippen LogP contribution in [0.5, 0.6) is 5.88 Å². The predicted octanol–water partition coefficient (Wildman–Crippen LogP) is 2.90. The molecule has 5 aliphatic heterocycles. The van der Waals surface area contributed by atoms with E-state index in [-0.39, 0.29) is 23.7 Å². The van der Waals surface area contributed by atoms with Gasteiger partial charge in [0.15, 0.2) is 11.2 Å². The maximum absolute atomic E-state index is 14.2. The first-order valence-electron chi connectivity index (χ1n) is 12.7. The molecule has 11 heteroatoms. The number of fused-ring (bicyclic) bond motifs is 5. The summed E-state index contributed by atoms with van der Waals surface area (Å²) in [4.78, 5) is 36.0. The Bertz CT molecular complexity index is 1120. The minimum Gasteiger partial charge on any atom is -0.474 e. The number of alkyl halides is 1. The summed E-state index contributed by atoms with van der Waals surface area (Å²) >= 11 is 0. The number of piperazine rings is 1. The molecule has 10 nitrogen and oxygen atoms in total. The largest absolute Gasteiger partial charge is 0.474 e. The van der Waals surface area contributed by atoms with Crippen molar-refractivity contribution in [3.05, 3.63) is 6.33 Å². The number of amides is 1. The van der Waals surface area contributed by atoms with Crippen LogP contribution in [0.3, 0.4) is 0 Å². The molecule has 2 unspecified atom stereocenters. The number of nitrogens with zero attached hydrogens (tertiary/aromatic N) is 6. The zero-order chi connectivity index (χ0) is 24.4. The van der Waals surface area contributed by atoms with E-state index in [1.165, 1.54) is 0 Å². The number of imidazole rings is 1. The Morgan fingerprint density at radius 1 is 1.23 bits per heavy atom. The number of ether oxygens (including phenoxy) is 2. The molecule has 0 aliphatic carbocycles. The van der Waals surface area contributed by atoms with Gasteiger partial charge < -0.3 is 24.3 Å². The maximum atomic E-state index is 14.2. The zero-order valence-electron chi connectivity index (χ0n) is 20.7. The van der Waals surface area contributed by atoms with E-state index in [1.54, 1.807) is 6.33 Å². The topological polar surface area (TPSA) is 99.7 Å². The molecule has 0 saturated carbocycles. The predicted molar refractivity (Wildman–Crippen MR) is 127 cm³/mol. The van der Waals surface area contributed by atoms with Crippen LogP contribution in [0.4, 0.5) is 15.1 Å². The van der Waals surface area contributed by atoms with Crippen molar-refractivity contribution in [1.29, 1.82) is 0 Å². The first kappa shape index (κ1) is 22.8. The molecule has 7 rings (SSSR count). The summed E-state index contributed by atoms with van der Waals surface area (Å²) in [5.74, 6) is 1.01. The molecule has 7 heterocycles. The van der Waals surface area contributed by atoms with Crippen molar-refractivity contribution in [3.63, 3.8) is 0 Å². The first-order chi connectivity index (χ1) is 16.7. The number of hydrogen-bond donors (Lipinski definition) is 1. The third kappa shape index (κ3) is 4.07. The Hall–Kier alpha value is -2.69. The molecular weight excluding hydrogens is 453 g/mol. The van der Waals surface area contributed by atoms with E-state index < -0.39 is 11.8 Å². The van der Waals surface area contributed by atoms with Gasteiger partial charge in [-0.1, -0.05) is 0 Å². The molecule has 2 aromatic heterocycles. The molecule has 0 aromatic carbocycles. The highest BCUT2D eigenvalue weighted by Gasteiger charge is 2.49. The molecule has 1 amide bonds. The van der Waals surface area contributed by atoms with Crippen LogP contribution < -0.4 is 9.64 Å². The van der Waals surface area contributed by atoms with Crippen molar-refractivity contribution in [2.24, 2.45) is 0 Å². The third-order valence-electron chi connectivity index (χ3n) is 7.89. The van der Waals surface area contributed by atoms with Gasteiger partial charge in [-0.05, 0) is 53.0 Å². The Kier molecular flexibility index (Phi) is 5.32. The average molecular weight is 488 g/mol. The van der Waals surface area contributed by atoms with Gasteiger partial charge in [0, 0.05) is 32.1 Å². The van der Waals surface area contributed by atoms with Crippen molar-refractivity contribution in [1.82, 2.24) is 29.7 Å². The maximum Gasteiger partial charge on any atom is 0.410 e. The number of anilines is 1. The van der Waals surface area contributed by atoms with Gasteiger partial charge in [-0.3, -0.25) is 4.90 Å². The second-order valence-corrected chi connectivity index (χ2v) is 11.5. The van der Waals surface area contributed by atoms with E-state index in [4.69, 9.17) is 19.4 Å². The lowest BCUT2D eigenvalue weighted by Gasteiger charge is -2.51. The van der Waals surface area contributed by atoms with Gasteiger partial charge in [0.25, 0.3) is 0 Å². The normalized spacial score (nSPS) is 30.8. The van der Waals surface area contributed by atoms with Gasteiger partial charge in [0.2, 0.25) is 11.8 Å². The number of halogens is 1. The molecule has 2 aromatic rings. The van der Waals surface area contributed by atoms with E-state index in [0.29, 0.717) is 55.7 Å². The van der Waals surface area contributed by atoms with Crippen LogP contribution in [0.25, 0.3) is 11.2 Å². The van der Waals surface area contributed by atoms with Gasteiger partial charge in [-0.15, -0.1) is 0 Å². The fraction of sp³-hybridized carbons (Fsp3) is 0.750. The smallest absolute Gasteiger partial charge is 0.410 e. The zero-order valence-corrected chi connectivity index (χ0v) is 20.7. The van der Waals surface area contributed by atoms with Crippen molar-refractivity contribution in [2.45, 2.75) is 82.3 Å². The second kappa shape index (κ2) is 8.18. The van der Waals surface area contributed by atoms with E-state index in [0.717, 1.165) is 32.2 Å². The summed E-state index contributed by atoms with van der Waals surface area (Å²) in [5, 5.41) is 0. The average Bonchev–Trinajstić information content (AvgIpc) is 3.50. The molecule has 2 bridgehead atoms. The van der Waals surface area contributed by atoms with Crippen LogP contribution >= 0.6 is 0 Å². The summed E-state index contributed by atoms with van der Waals surface area (Å²) in [7, 11) is 0. The Balaban J connectivity index is 1.22. The molecule has 5 aliphatic rings. The van der Waals surface area contributed by atoms with E-state index in [2.05, 4.69) is 19.8 Å². The van der Waals surface area contributed by atoms with Crippen LogP contribution in [0.15, 0.2) is 6.33 Å². The molecule has 35 heavy (non-hydrogen) atoms. The van der Waals surface area contributed by atoms with Gasteiger partial charge in [0.05, 0.1) is 17.9 Å². The van der Waals surface area contributed by atoms with Gasteiger partial charge in [-0.25, -0.2) is 14.2 Å². The van der Waals surface area contributed by atoms with Gasteiger partial charge in [0.1, 0.15) is 18.4 Å². The lowest BCUT2D eigenvalue weighted by molar-refractivity contribution is 0.000656. The summed E-state index contributed by atoms with van der Waals surface area (Å²) in [6, 6.07) is 0.151. The van der Waals surface area contributed by atoms with Crippen LogP contribution in [0.2, 0.25) is 0 Å². The molecule has 5 saturated heterocycles. The first-order valence-corrected chi connectivity index (χ1v) is 12.7. The molecule has 4 atom stereocenters. The number of piperidine rings is 2. The summed E-state index contributed by atoms with van der Waals surface area (Å²) in [5.41, 5.74) is 0.420. The fourth-order valence-electron chi connectivity index (χ4n) is 6.30. The van der Waals surface area contributed by atoms with Crippen molar-refractivity contribution < 1.29 is 18.7 Å². The molecule has 0 spiro atoms. The Morgan fingerprint density at radius 3 is 2.83 bits per heavy atom. The van der Waals surface area contributed by atoms with Crippen LogP contribution in [0, 0.1) is 0 Å². The van der Waals surface area contributed by atoms with Gasteiger partial charge in [-0.2, -0.15) is 9.97 Å².